The van der Waals surface area contributed by atoms with Gasteiger partial charge in [0.05, 0.1) is 11.4 Å². The second kappa shape index (κ2) is 10.5. The molecule has 2 aromatic carbocycles. The Labute approximate surface area is 180 Å². The summed E-state index contributed by atoms with van der Waals surface area (Å²) in [6.07, 6.45) is 2.86. The molecule has 2 aromatic rings. The summed E-state index contributed by atoms with van der Waals surface area (Å²) in [4.78, 5) is 10.6. The van der Waals surface area contributed by atoms with Crippen LogP contribution in [0.5, 0.6) is 0 Å². The third kappa shape index (κ3) is 6.26. The van der Waals surface area contributed by atoms with Gasteiger partial charge >= 0.3 is 31.1 Å². The van der Waals surface area contributed by atoms with E-state index >= 15 is 0 Å². The molecule has 136 valence electrons. The van der Waals surface area contributed by atoms with Crippen LogP contribution in [-0.4, -0.2) is 6.29 Å². The molecule has 4 N–H and O–H groups in total. The van der Waals surface area contributed by atoms with Crippen molar-refractivity contribution in [1.29, 1.82) is 0 Å². The first-order valence-corrected chi connectivity index (χ1v) is 7.87. The zero-order valence-electron chi connectivity index (χ0n) is 15.8. The molecule has 0 fully saturated rings. The van der Waals surface area contributed by atoms with Gasteiger partial charge in [-0.25, -0.2) is 0 Å². The van der Waals surface area contributed by atoms with Crippen molar-refractivity contribution in [3.63, 3.8) is 0 Å². The van der Waals surface area contributed by atoms with Crippen molar-refractivity contribution < 1.29 is 35.9 Å². The molecule has 0 saturated heterocycles. The number of hydrogen-bond donors (Lipinski definition) is 2. The summed E-state index contributed by atoms with van der Waals surface area (Å²) in [7, 11) is 0. The van der Waals surface area contributed by atoms with Crippen molar-refractivity contribution in [1.82, 2.24) is 0 Å². The maximum Gasteiger partial charge on any atom is 2.00 e. The molecule has 0 bridgehead atoms. The maximum absolute atomic E-state index is 10.6. The molecule has 0 amide bonds. The minimum atomic E-state index is -0.138. The normalized spacial score (nSPS) is 10.9. The minimum Gasteiger partial charge on any atom is -0.542 e. The third-order valence-corrected chi connectivity index (χ3v) is 3.74. The van der Waals surface area contributed by atoms with Gasteiger partial charge in [0.15, 0.2) is 0 Å². The van der Waals surface area contributed by atoms with Gasteiger partial charge in [-0.1, -0.05) is 45.4 Å². The first-order valence-electron chi connectivity index (χ1n) is 7.87. The Morgan fingerprint density at radius 2 is 1.65 bits per heavy atom. The molecular formula is C20H26N4OU. The van der Waals surface area contributed by atoms with Gasteiger partial charge < -0.3 is 23.7 Å². The van der Waals surface area contributed by atoms with Crippen molar-refractivity contribution in [3.05, 3.63) is 55.0 Å². The second-order valence-corrected chi connectivity index (χ2v) is 6.73. The zero-order valence-corrected chi connectivity index (χ0v) is 20.0. The summed E-state index contributed by atoms with van der Waals surface area (Å²) in [5, 5.41) is 8.53. The van der Waals surface area contributed by atoms with Crippen molar-refractivity contribution in [2.45, 2.75) is 39.0 Å². The molecule has 5 nitrogen and oxygen atoms in total. The SMILES string of the molecule is CC(C)(C)c1cc(CC[C-]=O)cc(N=Nc2ccccc2N)c1N.[CH3-].[U+2]. The standard InChI is InChI=1S/C19H23N4O.CH3.U/c1-19(2,3)14-11-13(7-6-10-24)12-17(18(14)21)23-22-16-9-5-4-8-15(16)20;;/h4-5,8-9,11-12H,6-7,20-21H2,1-3H3;1H3;/q2*-1;+2. The van der Waals surface area contributed by atoms with E-state index in [1.54, 1.807) is 12.1 Å². The fourth-order valence-corrected chi connectivity index (χ4v) is 2.43. The number of benzene rings is 2. The topological polar surface area (TPSA) is 93.8 Å². The van der Waals surface area contributed by atoms with E-state index in [9.17, 15) is 4.79 Å². The number of hydrogen-bond acceptors (Lipinski definition) is 5. The van der Waals surface area contributed by atoms with Gasteiger partial charge in [0.25, 0.3) is 0 Å². The molecule has 0 aliphatic carbocycles. The summed E-state index contributed by atoms with van der Waals surface area (Å²) < 4.78 is 0. The van der Waals surface area contributed by atoms with Crippen LogP contribution in [0.25, 0.3) is 0 Å². The smallest absolute Gasteiger partial charge is 0.542 e. The van der Waals surface area contributed by atoms with Gasteiger partial charge in [-0.05, 0) is 34.7 Å². The number of carbonyl (C=O) groups excluding carboxylic acids is 1. The Kier molecular flexibility index (Phi) is 9.83. The molecule has 0 heterocycles. The Balaban J connectivity index is 0.00000312. The van der Waals surface area contributed by atoms with Gasteiger partial charge in [-0.3, -0.25) is 6.29 Å². The second-order valence-electron chi connectivity index (χ2n) is 6.73. The number of anilines is 2. The number of aryl methyl sites for hydroxylation is 1. The third-order valence-electron chi connectivity index (χ3n) is 3.74. The Morgan fingerprint density at radius 3 is 2.23 bits per heavy atom. The summed E-state index contributed by atoms with van der Waals surface area (Å²) in [6, 6.07) is 11.2. The van der Waals surface area contributed by atoms with Crippen molar-refractivity contribution >= 4 is 29.0 Å². The Hall–Kier alpha value is -1.64. The largest absolute Gasteiger partial charge is 2.00 e. The number of nitrogen functional groups attached to an aromatic ring is 2. The first kappa shape index (κ1) is 24.4. The van der Waals surface area contributed by atoms with Gasteiger partial charge in [0, 0.05) is 0 Å². The van der Waals surface area contributed by atoms with Crippen LogP contribution < -0.4 is 11.5 Å². The number of nitrogens with zero attached hydrogens (tertiary/aromatic N) is 2. The van der Waals surface area contributed by atoms with E-state index in [-0.39, 0.29) is 44.0 Å². The molecule has 0 aliphatic rings. The van der Waals surface area contributed by atoms with Gasteiger partial charge in [-0.15, -0.1) is 16.6 Å². The van der Waals surface area contributed by atoms with E-state index in [0.717, 1.165) is 11.1 Å². The summed E-state index contributed by atoms with van der Waals surface area (Å²) in [5.41, 5.74) is 16.4. The van der Waals surface area contributed by atoms with E-state index in [1.807, 2.05) is 30.6 Å². The molecule has 0 atom stereocenters. The maximum atomic E-state index is 10.6. The van der Waals surface area contributed by atoms with Crippen LogP contribution in [0.3, 0.4) is 0 Å². The number of para-hydroxylation sites is 1. The number of azo groups is 1. The molecular weight excluding hydrogens is 550 g/mol. The van der Waals surface area contributed by atoms with Crippen LogP contribution in [0.1, 0.15) is 38.3 Å². The van der Waals surface area contributed by atoms with Crippen LogP contribution in [-0.2, 0) is 16.6 Å². The molecule has 2 rings (SSSR count). The average Bonchev–Trinajstić information content (AvgIpc) is 2.52. The molecule has 26 heavy (non-hydrogen) atoms. The summed E-state index contributed by atoms with van der Waals surface area (Å²) in [6.45, 7) is 6.26. The quantitative estimate of drug-likeness (QED) is 0.296. The number of rotatable bonds is 5. The minimum absolute atomic E-state index is 0. The molecule has 0 saturated carbocycles. The van der Waals surface area contributed by atoms with E-state index in [4.69, 9.17) is 11.5 Å². The van der Waals surface area contributed by atoms with Crippen LogP contribution in [0.4, 0.5) is 22.7 Å². The first-order chi connectivity index (χ1) is 11.3. The van der Waals surface area contributed by atoms with Gasteiger partial charge in [-0.2, -0.15) is 0 Å². The van der Waals surface area contributed by atoms with Crippen molar-refractivity contribution in [2.24, 2.45) is 10.2 Å². The number of nitrogens with two attached hydrogens (primary N) is 2. The molecule has 0 radical (unpaired) electrons. The predicted molar refractivity (Wildman–Crippen MR) is 105 cm³/mol. The van der Waals surface area contributed by atoms with Gasteiger partial charge in [0.1, 0.15) is 11.4 Å². The van der Waals surface area contributed by atoms with E-state index in [0.29, 0.717) is 35.6 Å². The van der Waals surface area contributed by atoms with E-state index in [2.05, 4.69) is 31.0 Å². The van der Waals surface area contributed by atoms with Crippen LogP contribution in [0.2, 0.25) is 0 Å². The van der Waals surface area contributed by atoms with Gasteiger partial charge in [0.2, 0.25) is 0 Å². The molecule has 0 spiro atoms. The fraction of sp³-hybridized carbons (Fsp3) is 0.300. The Bertz CT molecular complexity index is 767. The molecule has 0 aromatic heterocycles. The molecule has 0 aliphatic heterocycles. The van der Waals surface area contributed by atoms with Crippen LogP contribution in [0, 0.1) is 38.5 Å². The monoisotopic (exact) mass is 576 g/mol. The summed E-state index contributed by atoms with van der Waals surface area (Å²) >= 11 is 0. The van der Waals surface area contributed by atoms with Crippen molar-refractivity contribution in [3.8, 4) is 0 Å². The van der Waals surface area contributed by atoms with Crippen molar-refractivity contribution in [2.75, 3.05) is 11.5 Å². The van der Waals surface area contributed by atoms with E-state index in [1.165, 1.54) is 0 Å². The van der Waals surface area contributed by atoms with E-state index < -0.39 is 0 Å². The molecule has 0 unspecified atom stereocenters. The fourth-order valence-electron chi connectivity index (χ4n) is 2.43. The zero-order chi connectivity index (χ0) is 17.7. The summed E-state index contributed by atoms with van der Waals surface area (Å²) in [5.74, 6) is 0. The predicted octanol–water partition coefficient (Wildman–Crippen LogP) is 5.06. The average molecular weight is 576 g/mol. The van der Waals surface area contributed by atoms with Crippen LogP contribution in [0.15, 0.2) is 46.6 Å². The Morgan fingerprint density at radius 1 is 1.04 bits per heavy atom. The molecule has 6 heteroatoms. The van der Waals surface area contributed by atoms with Crippen LogP contribution >= 0.6 is 0 Å².